The van der Waals surface area contributed by atoms with E-state index in [0.717, 1.165) is 15.6 Å². The average Bonchev–Trinajstić information content (AvgIpc) is 2.92. The zero-order valence-electron chi connectivity index (χ0n) is 11.3. The first-order chi connectivity index (χ1) is 9.51. The quantitative estimate of drug-likeness (QED) is 0.846. The van der Waals surface area contributed by atoms with Gasteiger partial charge in [0, 0.05) is 5.69 Å². The van der Waals surface area contributed by atoms with Crippen LogP contribution >= 0.6 is 23.3 Å². The Balaban J connectivity index is 1.98. The highest BCUT2D eigenvalue weighted by Gasteiger charge is 2.14. The number of nitriles is 1. The van der Waals surface area contributed by atoms with Gasteiger partial charge >= 0.3 is 0 Å². The van der Waals surface area contributed by atoms with Crippen LogP contribution in [0.15, 0.2) is 4.34 Å². The first kappa shape index (κ1) is 14.6. The Morgan fingerprint density at radius 1 is 1.50 bits per heavy atom. The number of rotatable bonds is 4. The van der Waals surface area contributed by atoms with Crippen LogP contribution in [0.25, 0.3) is 0 Å². The molecule has 0 saturated carbocycles. The number of aromatic nitrogens is 3. The molecular weight excluding hydrogens is 294 g/mol. The summed E-state index contributed by atoms with van der Waals surface area (Å²) in [5, 5.41) is 11.8. The van der Waals surface area contributed by atoms with Gasteiger partial charge in [-0.15, -0.1) is 0 Å². The largest absolute Gasteiger partial charge is 0.344 e. The van der Waals surface area contributed by atoms with E-state index in [9.17, 15) is 4.79 Å². The molecule has 1 amide bonds. The summed E-state index contributed by atoms with van der Waals surface area (Å²) in [7, 11) is 0. The summed E-state index contributed by atoms with van der Waals surface area (Å²) in [6.07, 6.45) is 0. The SMILES string of the molecule is Cc1nsc(SCC(=O)Nc2[nH]c(C)c(C)c2C#N)n1. The second-order valence-corrected chi connectivity index (χ2v) is 6.16. The molecule has 0 aliphatic heterocycles. The predicted octanol–water partition coefficient (Wildman–Crippen LogP) is 2.39. The van der Waals surface area contributed by atoms with Crippen LogP contribution < -0.4 is 5.32 Å². The molecule has 2 aromatic heterocycles. The van der Waals surface area contributed by atoms with Crippen molar-refractivity contribution in [3.8, 4) is 6.07 Å². The highest BCUT2D eigenvalue weighted by atomic mass is 32.2. The van der Waals surface area contributed by atoms with Crippen LogP contribution in [-0.2, 0) is 4.79 Å². The van der Waals surface area contributed by atoms with Gasteiger partial charge in [0.15, 0.2) is 4.34 Å². The lowest BCUT2D eigenvalue weighted by molar-refractivity contribution is -0.113. The van der Waals surface area contributed by atoms with E-state index in [0.29, 0.717) is 17.2 Å². The van der Waals surface area contributed by atoms with E-state index >= 15 is 0 Å². The van der Waals surface area contributed by atoms with Gasteiger partial charge in [-0.3, -0.25) is 4.79 Å². The average molecular weight is 307 g/mol. The van der Waals surface area contributed by atoms with Crippen LogP contribution in [0.2, 0.25) is 0 Å². The van der Waals surface area contributed by atoms with Crippen molar-refractivity contribution < 1.29 is 4.79 Å². The summed E-state index contributed by atoms with van der Waals surface area (Å²) in [4.78, 5) is 19.1. The number of hydrogen-bond acceptors (Lipinski definition) is 6. The van der Waals surface area contributed by atoms with Gasteiger partial charge in [0.2, 0.25) is 5.91 Å². The third kappa shape index (κ3) is 3.18. The minimum atomic E-state index is -0.180. The summed E-state index contributed by atoms with van der Waals surface area (Å²) in [5.41, 5.74) is 2.21. The number of H-pyrrole nitrogens is 1. The van der Waals surface area contributed by atoms with Gasteiger partial charge in [0.25, 0.3) is 0 Å². The second kappa shape index (κ2) is 6.07. The number of thioether (sulfide) groups is 1. The van der Waals surface area contributed by atoms with E-state index < -0.39 is 0 Å². The van der Waals surface area contributed by atoms with E-state index in [1.54, 1.807) is 0 Å². The molecule has 0 unspecified atom stereocenters. The molecular formula is C12H13N5OS2. The molecule has 0 aliphatic carbocycles. The Morgan fingerprint density at radius 2 is 2.25 bits per heavy atom. The standard InChI is InChI=1S/C12H13N5OS2/c1-6-7(2)14-11(9(6)4-13)16-10(18)5-19-12-15-8(3)17-20-12/h14H,5H2,1-3H3,(H,16,18). The van der Waals surface area contributed by atoms with Crippen LogP contribution in [-0.4, -0.2) is 26.0 Å². The number of amides is 1. The summed E-state index contributed by atoms with van der Waals surface area (Å²) in [6, 6.07) is 2.09. The first-order valence-electron chi connectivity index (χ1n) is 5.83. The van der Waals surface area contributed by atoms with E-state index in [1.165, 1.54) is 23.3 Å². The number of nitrogens with one attached hydrogen (secondary N) is 2. The summed E-state index contributed by atoms with van der Waals surface area (Å²) in [6.45, 7) is 5.52. The van der Waals surface area contributed by atoms with E-state index in [1.807, 2.05) is 20.8 Å². The molecule has 0 atom stereocenters. The Bertz CT molecular complexity index is 683. The Labute approximate surface area is 124 Å². The molecule has 0 fully saturated rings. The van der Waals surface area contributed by atoms with Crippen LogP contribution in [0.3, 0.4) is 0 Å². The third-order valence-corrected chi connectivity index (χ3v) is 4.64. The minimum absolute atomic E-state index is 0.180. The summed E-state index contributed by atoms with van der Waals surface area (Å²) >= 11 is 2.60. The fraction of sp³-hybridized carbons (Fsp3) is 0.333. The molecule has 20 heavy (non-hydrogen) atoms. The number of carbonyl (C=O) groups excluding carboxylic acids is 1. The van der Waals surface area contributed by atoms with Crippen molar-refractivity contribution in [3.63, 3.8) is 0 Å². The van der Waals surface area contributed by atoms with Crippen LogP contribution in [0, 0.1) is 32.1 Å². The van der Waals surface area contributed by atoms with Gasteiger partial charge in [-0.25, -0.2) is 4.98 Å². The molecule has 6 nitrogen and oxygen atoms in total. The lowest BCUT2D eigenvalue weighted by atomic mass is 10.2. The van der Waals surface area contributed by atoms with Gasteiger partial charge in [-0.1, -0.05) is 11.8 Å². The topological polar surface area (TPSA) is 94.5 Å². The van der Waals surface area contributed by atoms with Gasteiger partial charge in [-0.2, -0.15) is 9.64 Å². The van der Waals surface area contributed by atoms with Crippen molar-refractivity contribution in [3.05, 3.63) is 22.6 Å². The Kier molecular flexibility index (Phi) is 4.42. The molecule has 0 aliphatic rings. The van der Waals surface area contributed by atoms with Crippen molar-refractivity contribution in [1.82, 2.24) is 14.3 Å². The van der Waals surface area contributed by atoms with E-state index in [-0.39, 0.29) is 11.7 Å². The van der Waals surface area contributed by atoms with Crippen molar-refractivity contribution in [2.45, 2.75) is 25.1 Å². The monoisotopic (exact) mass is 307 g/mol. The Hall–Kier alpha value is -1.85. The smallest absolute Gasteiger partial charge is 0.235 e. The zero-order valence-corrected chi connectivity index (χ0v) is 12.9. The molecule has 2 aromatic rings. The predicted molar refractivity (Wildman–Crippen MR) is 79.0 cm³/mol. The van der Waals surface area contributed by atoms with Crippen LogP contribution in [0.4, 0.5) is 5.82 Å². The summed E-state index contributed by atoms with van der Waals surface area (Å²) < 4.78 is 4.81. The van der Waals surface area contributed by atoms with Gasteiger partial charge < -0.3 is 10.3 Å². The minimum Gasteiger partial charge on any atom is -0.344 e. The van der Waals surface area contributed by atoms with Gasteiger partial charge in [0.05, 0.1) is 11.3 Å². The molecule has 2 rings (SSSR count). The number of aryl methyl sites for hydroxylation is 2. The lowest BCUT2D eigenvalue weighted by Gasteiger charge is -2.02. The molecule has 2 N–H and O–H groups in total. The maximum Gasteiger partial charge on any atom is 0.235 e. The van der Waals surface area contributed by atoms with Crippen molar-refractivity contribution in [2.24, 2.45) is 0 Å². The van der Waals surface area contributed by atoms with E-state index in [4.69, 9.17) is 5.26 Å². The molecule has 0 bridgehead atoms. The normalized spacial score (nSPS) is 10.3. The molecule has 2 heterocycles. The molecule has 104 valence electrons. The van der Waals surface area contributed by atoms with Crippen molar-refractivity contribution >= 4 is 35.0 Å². The second-order valence-electron chi connectivity index (χ2n) is 4.18. The van der Waals surface area contributed by atoms with Crippen LogP contribution in [0.1, 0.15) is 22.6 Å². The lowest BCUT2D eigenvalue weighted by Crippen LogP contribution is -2.15. The molecule has 0 spiro atoms. The summed E-state index contributed by atoms with van der Waals surface area (Å²) in [5.74, 6) is 1.22. The number of carbonyl (C=O) groups is 1. The fourth-order valence-corrected chi connectivity index (χ4v) is 3.04. The maximum atomic E-state index is 11.9. The highest BCUT2D eigenvalue weighted by Crippen LogP contribution is 2.23. The molecule has 0 saturated heterocycles. The van der Waals surface area contributed by atoms with Crippen molar-refractivity contribution in [1.29, 1.82) is 5.26 Å². The number of anilines is 1. The molecule has 0 radical (unpaired) electrons. The third-order valence-electron chi connectivity index (χ3n) is 2.71. The number of aromatic amines is 1. The highest BCUT2D eigenvalue weighted by molar-refractivity contribution is 8.01. The first-order valence-corrected chi connectivity index (χ1v) is 7.59. The Morgan fingerprint density at radius 3 is 2.85 bits per heavy atom. The van der Waals surface area contributed by atoms with E-state index in [2.05, 4.69) is 25.7 Å². The zero-order chi connectivity index (χ0) is 14.7. The van der Waals surface area contributed by atoms with Crippen molar-refractivity contribution in [2.75, 3.05) is 11.1 Å². The van der Waals surface area contributed by atoms with Gasteiger partial charge in [-0.05, 0) is 37.9 Å². The number of nitrogens with zero attached hydrogens (tertiary/aromatic N) is 3. The molecule has 0 aromatic carbocycles. The fourth-order valence-electron chi connectivity index (χ4n) is 1.59. The van der Waals surface area contributed by atoms with Crippen LogP contribution in [0.5, 0.6) is 0 Å². The number of hydrogen-bond donors (Lipinski definition) is 2. The maximum absolute atomic E-state index is 11.9. The molecule has 8 heteroatoms. The van der Waals surface area contributed by atoms with Gasteiger partial charge in [0.1, 0.15) is 17.7 Å².